The third-order valence-corrected chi connectivity index (χ3v) is 3.24. The number of nitrogens with zero attached hydrogens (tertiary/aromatic N) is 2. The summed E-state index contributed by atoms with van der Waals surface area (Å²) in [6.07, 6.45) is 1.55. The third kappa shape index (κ3) is 4.20. The molecule has 0 aliphatic rings. The monoisotopic (exact) mass is 305 g/mol. The second kappa shape index (κ2) is 7.26. The summed E-state index contributed by atoms with van der Waals surface area (Å²) >= 11 is 0. The molecule has 5 nitrogen and oxygen atoms in total. The van der Waals surface area contributed by atoms with Crippen LogP contribution in [0.2, 0.25) is 0 Å². The van der Waals surface area contributed by atoms with Gasteiger partial charge in [-0.25, -0.2) is 9.97 Å². The average Bonchev–Trinajstić information content (AvgIpc) is 2.58. The molecule has 0 aliphatic heterocycles. The summed E-state index contributed by atoms with van der Waals surface area (Å²) in [7, 11) is 0. The predicted octanol–water partition coefficient (Wildman–Crippen LogP) is 4.40. The molecule has 3 N–H and O–H groups in total. The van der Waals surface area contributed by atoms with Crippen molar-refractivity contribution in [3.8, 4) is 0 Å². The minimum Gasteiger partial charge on any atom is -0.370 e. The van der Waals surface area contributed by atoms with Crippen LogP contribution in [0.4, 0.5) is 28.7 Å². The number of benzene rings is 2. The molecule has 0 radical (unpaired) electrons. The first kappa shape index (κ1) is 14.8. The predicted molar refractivity (Wildman–Crippen MR) is 95.6 cm³/mol. The van der Waals surface area contributed by atoms with Gasteiger partial charge in [0.05, 0.1) is 0 Å². The van der Waals surface area contributed by atoms with E-state index in [9.17, 15) is 0 Å². The van der Waals surface area contributed by atoms with E-state index in [-0.39, 0.29) is 0 Å². The van der Waals surface area contributed by atoms with Gasteiger partial charge in [0.2, 0.25) is 0 Å². The number of hydrogen-bond donors (Lipinski definition) is 3. The summed E-state index contributed by atoms with van der Waals surface area (Å²) in [5.74, 6) is 1.58. The van der Waals surface area contributed by atoms with Gasteiger partial charge in [-0.15, -0.1) is 0 Å². The van der Waals surface area contributed by atoms with E-state index in [2.05, 4.69) is 25.9 Å². The lowest BCUT2D eigenvalue weighted by atomic mass is 10.2. The van der Waals surface area contributed by atoms with Crippen LogP contribution in [0, 0.1) is 0 Å². The second-order valence-electron chi connectivity index (χ2n) is 5.01. The second-order valence-corrected chi connectivity index (χ2v) is 5.01. The lowest BCUT2D eigenvalue weighted by molar-refractivity contribution is 1.11. The molecular formula is C18H19N5. The van der Waals surface area contributed by atoms with E-state index in [4.69, 9.17) is 0 Å². The zero-order valence-electron chi connectivity index (χ0n) is 13.0. The van der Waals surface area contributed by atoms with Gasteiger partial charge in [-0.2, -0.15) is 0 Å². The van der Waals surface area contributed by atoms with E-state index in [0.29, 0.717) is 0 Å². The Kier molecular flexibility index (Phi) is 4.69. The number of para-hydroxylation sites is 1. The zero-order chi connectivity index (χ0) is 15.9. The summed E-state index contributed by atoms with van der Waals surface area (Å²) in [5, 5.41) is 9.80. The van der Waals surface area contributed by atoms with Gasteiger partial charge in [0.15, 0.2) is 0 Å². The van der Waals surface area contributed by atoms with Crippen LogP contribution >= 0.6 is 0 Å². The minimum absolute atomic E-state index is 0.764. The van der Waals surface area contributed by atoms with Crippen molar-refractivity contribution in [1.82, 2.24) is 9.97 Å². The smallest absolute Gasteiger partial charge is 0.135 e. The highest BCUT2D eigenvalue weighted by Gasteiger charge is 2.00. The van der Waals surface area contributed by atoms with Crippen LogP contribution < -0.4 is 16.0 Å². The Morgan fingerprint density at radius 2 is 1.35 bits per heavy atom. The Bertz CT molecular complexity index is 741. The van der Waals surface area contributed by atoms with Gasteiger partial charge in [-0.05, 0) is 43.3 Å². The largest absolute Gasteiger partial charge is 0.370 e. The van der Waals surface area contributed by atoms with Crippen molar-refractivity contribution in [3.05, 3.63) is 67.0 Å². The fourth-order valence-corrected chi connectivity index (χ4v) is 2.18. The average molecular weight is 305 g/mol. The molecule has 0 spiro atoms. The summed E-state index contributed by atoms with van der Waals surface area (Å²) < 4.78 is 0. The summed E-state index contributed by atoms with van der Waals surface area (Å²) in [6, 6.07) is 20.1. The standard InChI is InChI=1S/C18H19N5/c1-2-19-17-12-18(21-13-20-17)23-16-10-8-15(9-11-16)22-14-6-4-3-5-7-14/h3-13,22H,2H2,1H3,(H2,19,20,21,23). The minimum atomic E-state index is 0.764. The van der Waals surface area contributed by atoms with Gasteiger partial charge in [0, 0.05) is 29.7 Å². The van der Waals surface area contributed by atoms with Crippen molar-refractivity contribution in [3.63, 3.8) is 0 Å². The zero-order valence-corrected chi connectivity index (χ0v) is 13.0. The molecule has 3 aromatic rings. The highest BCUT2D eigenvalue weighted by molar-refractivity contribution is 5.65. The molecule has 3 rings (SSSR count). The molecule has 0 bridgehead atoms. The summed E-state index contributed by atoms with van der Waals surface area (Å²) in [4.78, 5) is 8.39. The van der Waals surface area contributed by atoms with Crippen LogP contribution in [0.5, 0.6) is 0 Å². The van der Waals surface area contributed by atoms with Gasteiger partial charge < -0.3 is 16.0 Å². The first-order valence-electron chi connectivity index (χ1n) is 7.58. The summed E-state index contributed by atoms with van der Waals surface area (Å²) in [5.41, 5.74) is 3.09. The molecule has 5 heteroatoms. The van der Waals surface area contributed by atoms with Crippen molar-refractivity contribution < 1.29 is 0 Å². The Hall–Kier alpha value is -3.08. The Morgan fingerprint density at radius 1 is 0.739 bits per heavy atom. The SMILES string of the molecule is CCNc1cc(Nc2ccc(Nc3ccccc3)cc2)ncn1. The van der Waals surface area contributed by atoms with Crippen LogP contribution in [0.3, 0.4) is 0 Å². The molecular weight excluding hydrogens is 286 g/mol. The normalized spacial score (nSPS) is 10.1. The van der Waals surface area contributed by atoms with E-state index < -0.39 is 0 Å². The summed E-state index contributed by atoms with van der Waals surface area (Å²) in [6.45, 7) is 2.87. The molecule has 23 heavy (non-hydrogen) atoms. The molecule has 0 saturated heterocycles. The van der Waals surface area contributed by atoms with Gasteiger partial charge in [-0.1, -0.05) is 18.2 Å². The maximum absolute atomic E-state index is 4.23. The van der Waals surface area contributed by atoms with Crippen LogP contribution in [0.25, 0.3) is 0 Å². The molecule has 0 saturated carbocycles. The maximum atomic E-state index is 4.23. The van der Waals surface area contributed by atoms with E-state index in [1.165, 1.54) is 0 Å². The number of hydrogen-bond acceptors (Lipinski definition) is 5. The molecule has 0 atom stereocenters. The third-order valence-electron chi connectivity index (χ3n) is 3.24. The van der Waals surface area contributed by atoms with Gasteiger partial charge >= 0.3 is 0 Å². The topological polar surface area (TPSA) is 61.9 Å². The van der Waals surface area contributed by atoms with Gasteiger partial charge in [0.25, 0.3) is 0 Å². The Labute approximate surface area is 135 Å². The Morgan fingerprint density at radius 3 is 2.04 bits per heavy atom. The van der Waals surface area contributed by atoms with E-state index in [0.717, 1.165) is 35.2 Å². The van der Waals surface area contributed by atoms with Crippen LogP contribution in [0.1, 0.15) is 6.92 Å². The van der Waals surface area contributed by atoms with Gasteiger partial charge in [0.1, 0.15) is 18.0 Å². The van der Waals surface area contributed by atoms with E-state index in [1.807, 2.05) is 67.6 Å². The number of aromatic nitrogens is 2. The molecule has 0 amide bonds. The molecule has 0 unspecified atom stereocenters. The molecule has 116 valence electrons. The number of nitrogens with one attached hydrogen (secondary N) is 3. The van der Waals surface area contributed by atoms with E-state index in [1.54, 1.807) is 6.33 Å². The van der Waals surface area contributed by atoms with Gasteiger partial charge in [-0.3, -0.25) is 0 Å². The molecule has 1 heterocycles. The molecule has 0 aliphatic carbocycles. The van der Waals surface area contributed by atoms with Crippen molar-refractivity contribution in [2.45, 2.75) is 6.92 Å². The quantitative estimate of drug-likeness (QED) is 0.630. The maximum Gasteiger partial charge on any atom is 0.135 e. The van der Waals surface area contributed by atoms with Crippen LogP contribution in [0.15, 0.2) is 67.0 Å². The molecule has 0 fully saturated rings. The number of anilines is 5. The molecule has 2 aromatic carbocycles. The Balaban J connectivity index is 1.66. The van der Waals surface area contributed by atoms with E-state index >= 15 is 0 Å². The van der Waals surface area contributed by atoms with Crippen molar-refractivity contribution in [2.24, 2.45) is 0 Å². The van der Waals surface area contributed by atoms with Crippen molar-refractivity contribution in [2.75, 3.05) is 22.5 Å². The highest BCUT2D eigenvalue weighted by Crippen LogP contribution is 2.21. The van der Waals surface area contributed by atoms with Crippen molar-refractivity contribution >= 4 is 28.7 Å². The highest BCUT2D eigenvalue weighted by atomic mass is 15.1. The lowest BCUT2D eigenvalue weighted by Gasteiger charge is -2.09. The van der Waals surface area contributed by atoms with Crippen LogP contribution in [-0.4, -0.2) is 16.5 Å². The number of rotatable bonds is 6. The van der Waals surface area contributed by atoms with Crippen molar-refractivity contribution in [1.29, 1.82) is 0 Å². The fourth-order valence-electron chi connectivity index (χ4n) is 2.18. The first-order valence-corrected chi connectivity index (χ1v) is 7.58. The lowest BCUT2D eigenvalue weighted by Crippen LogP contribution is -2.01. The van der Waals surface area contributed by atoms with Crippen LogP contribution in [-0.2, 0) is 0 Å². The molecule has 1 aromatic heterocycles. The first-order chi connectivity index (χ1) is 11.3. The fraction of sp³-hybridized carbons (Fsp3) is 0.111.